The average molecular weight is 307 g/mol. The van der Waals surface area contributed by atoms with Gasteiger partial charge in [0.25, 0.3) is 0 Å². The molecule has 0 bridgehead atoms. The van der Waals surface area contributed by atoms with Gasteiger partial charge in [-0.3, -0.25) is 4.79 Å². The summed E-state index contributed by atoms with van der Waals surface area (Å²) in [6.45, 7) is 3.21. The second-order valence-corrected chi connectivity index (χ2v) is 5.76. The molecule has 0 spiro atoms. The van der Waals surface area contributed by atoms with E-state index in [0.29, 0.717) is 10.7 Å². The van der Waals surface area contributed by atoms with Gasteiger partial charge in [-0.05, 0) is 37.8 Å². The van der Waals surface area contributed by atoms with Crippen LogP contribution in [0.2, 0.25) is 5.15 Å². The van der Waals surface area contributed by atoms with Crippen LogP contribution in [0.3, 0.4) is 0 Å². The smallest absolute Gasteiger partial charge is 0.193 e. The van der Waals surface area contributed by atoms with Gasteiger partial charge in [0.2, 0.25) is 0 Å². The van der Waals surface area contributed by atoms with Crippen molar-refractivity contribution in [3.05, 3.63) is 40.3 Å². The summed E-state index contributed by atoms with van der Waals surface area (Å²) in [4.78, 5) is 19.2. The number of ketones is 1. The number of morpholine rings is 1. The van der Waals surface area contributed by atoms with Crippen molar-refractivity contribution >= 4 is 17.4 Å². The van der Waals surface area contributed by atoms with E-state index in [1.165, 1.54) is 5.70 Å². The van der Waals surface area contributed by atoms with Gasteiger partial charge < -0.3 is 9.64 Å². The molecule has 1 aliphatic carbocycles. The summed E-state index contributed by atoms with van der Waals surface area (Å²) >= 11 is 6.08. The van der Waals surface area contributed by atoms with Crippen LogP contribution in [-0.4, -0.2) is 42.0 Å². The van der Waals surface area contributed by atoms with E-state index < -0.39 is 0 Å². The summed E-state index contributed by atoms with van der Waals surface area (Å²) in [5, 5.41) is 0.293. The molecule has 2 aliphatic rings. The predicted molar refractivity (Wildman–Crippen MR) is 81.5 cm³/mol. The number of Topliss-reactive ketones (excluding diaryl/α,β-unsaturated/α-hetero) is 1. The highest BCUT2D eigenvalue weighted by Gasteiger charge is 2.26. The molecule has 1 saturated heterocycles. The molecule has 0 amide bonds. The Hall–Kier alpha value is -1.39. The van der Waals surface area contributed by atoms with Gasteiger partial charge in [0.15, 0.2) is 5.78 Å². The first-order valence-electron chi connectivity index (χ1n) is 7.47. The van der Waals surface area contributed by atoms with Gasteiger partial charge in [0.1, 0.15) is 5.15 Å². The average Bonchev–Trinajstić information content (AvgIpc) is 2.55. The summed E-state index contributed by atoms with van der Waals surface area (Å²) in [5.74, 6) is 0.0364. The number of pyridine rings is 1. The lowest BCUT2D eigenvalue weighted by molar-refractivity contribution is 0.0503. The number of rotatable bonds is 3. The molecular formula is C16H19ClN2O2. The van der Waals surface area contributed by atoms with E-state index in [1.54, 1.807) is 18.3 Å². The SMILES string of the molecule is O=C(C1=C(N2CCOCC2)CCCC1)c1cccnc1Cl. The Kier molecular flexibility index (Phi) is 4.56. The van der Waals surface area contributed by atoms with Gasteiger partial charge in [0, 0.05) is 30.6 Å². The summed E-state index contributed by atoms with van der Waals surface area (Å²) in [7, 11) is 0. The van der Waals surface area contributed by atoms with Crippen LogP contribution in [0.15, 0.2) is 29.6 Å². The Morgan fingerprint density at radius 2 is 2.00 bits per heavy atom. The molecule has 0 N–H and O–H groups in total. The first-order chi connectivity index (χ1) is 10.3. The zero-order chi connectivity index (χ0) is 14.7. The zero-order valence-corrected chi connectivity index (χ0v) is 12.7. The molecule has 2 heterocycles. The third-order valence-electron chi connectivity index (χ3n) is 4.11. The van der Waals surface area contributed by atoms with Gasteiger partial charge in [-0.2, -0.15) is 0 Å². The lowest BCUT2D eigenvalue weighted by Gasteiger charge is -2.34. The van der Waals surface area contributed by atoms with Gasteiger partial charge in [0.05, 0.1) is 18.8 Å². The Balaban J connectivity index is 1.94. The second kappa shape index (κ2) is 6.58. The minimum atomic E-state index is 0.0364. The molecule has 1 aromatic rings. The van der Waals surface area contributed by atoms with Crippen molar-refractivity contribution in [1.29, 1.82) is 0 Å². The van der Waals surface area contributed by atoms with Crippen LogP contribution in [0.25, 0.3) is 0 Å². The number of ether oxygens (including phenoxy) is 1. The van der Waals surface area contributed by atoms with Crippen molar-refractivity contribution in [3.63, 3.8) is 0 Å². The maximum absolute atomic E-state index is 12.8. The molecule has 0 atom stereocenters. The molecule has 21 heavy (non-hydrogen) atoms. The minimum Gasteiger partial charge on any atom is -0.378 e. The monoisotopic (exact) mass is 306 g/mol. The van der Waals surface area contributed by atoms with Gasteiger partial charge in [-0.25, -0.2) is 4.98 Å². The van der Waals surface area contributed by atoms with Crippen LogP contribution in [0.1, 0.15) is 36.0 Å². The van der Waals surface area contributed by atoms with E-state index in [-0.39, 0.29) is 5.78 Å². The molecule has 0 saturated carbocycles. The van der Waals surface area contributed by atoms with E-state index in [9.17, 15) is 4.79 Å². The van der Waals surface area contributed by atoms with Gasteiger partial charge >= 0.3 is 0 Å². The van der Waals surface area contributed by atoms with Crippen LogP contribution in [0, 0.1) is 0 Å². The van der Waals surface area contributed by atoms with E-state index >= 15 is 0 Å². The molecule has 1 aromatic heterocycles. The Bertz CT molecular complexity index is 565. The van der Waals surface area contributed by atoms with E-state index in [2.05, 4.69) is 9.88 Å². The molecule has 0 unspecified atom stereocenters. The van der Waals surface area contributed by atoms with Crippen LogP contribution < -0.4 is 0 Å². The third-order valence-corrected chi connectivity index (χ3v) is 4.41. The fraction of sp³-hybridized carbons (Fsp3) is 0.500. The third kappa shape index (κ3) is 3.11. The molecule has 112 valence electrons. The number of carbonyl (C=O) groups is 1. The molecule has 3 rings (SSSR count). The topological polar surface area (TPSA) is 42.4 Å². The zero-order valence-electron chi connectivity index (χ0n) is 12.0. The number of allylic oxidation sites excluding steroid dienone is 2. The molecule has 1 aliphatic heterocycles. The molecule has 5 heteroatoms. The van der Waals surface area contributed by atoms with Crippen molar-refractivity contribution < 1.29 is 9.53 Å². The van der Waals surface area contributed by atoms with Crippen LogP contribution >= 0.6 is 11.6 Å². The number of aromatic nitrogens is 1. The van der Waals surface area contributed by atoms with E-state index in [1.807, 2.05) is 0 Å². The quantitative estimate of drug-likeness (QED) is 0.636. The Morgan fingerprint density at radius 3 is 2.76 bits per heavy atom. The maximum Gasteiger partial charge on any atom is 0.193 e. The highest BCUT2D eigenvalue weighted by Crippen LogP contribution is 2.31. The maximum atomic E-state index is 12.8. The largest absolute Gasteiger partial charge is 0.378 e. The number of hydrogen-bond donors (Lipinski definition) is 0. The standard InChI is InChI=1S/C16H19ClN2O2/c17-16-13(5-3-7-18-16)15(20)12-4-1-2-6-14(12)19-8-10-21-11-9-19/h3,5,7H,1-2,4,6,8-11H2. The normalized spacial score (nSPS) is 19.8. The summed E-state index contributed by atoms with van der Waals surface area (Å²) in [6.07, 6.45) is 5.62. The van der Waals surface area contributed by atoms with Crippen molar-refractivity contribution in [1.82, 2.24) is 9.88 Å². The number of carbonyl (C=O) groups excluding carboxylic acids is 1. The summed E-state index contributed by atoms with van der Waals surface area (Å²) < 4.78 is 5.41. The first kappa shape index (κ1) is 14.5. The Labute approximate surface area is 129 Å². The van der Waals surface area contributed by atoms with Crippen LogP contribution in [0.5, 0.6) is 0 Å². The van der Waals surface area contributed by atoms with Crippen LogP contribution in [-0.2, 0) is 4.74 Å². The summed E-state index contributed by atoms with van der Waals surface area (Å²) in [5.41, 5.74) is 2.62. The predicted octanol–water partition coefficient (Wildman–Crippen LogP) is 3.08. The van der Waals surface area contributed by atoms with E-state index in [0.717, 1.165) is 57.6 Å². The minimum absolute atomic E-state index is 0.0364. The first-order valence-corrected chi connectivity index (χ1v) is 7.85. The molecule has 1 fully saturated rings. The van der Waals surface area contributed by atoms with Crippen molar-refractivity contribution in [2.45, 2.75) is 25.7 Å². The summed E-state index contributed by atoms with van der Waals surface area (Å²) in [6, 6.07) is 3.52. The van der Waals surface area contributed by atoms with Gasteiger partial charge in [-0.15, -0.1) is 0 Å². The number of nitrogens with zero attached hydrogens (tertiary/aromatic N) is 2. The van der Waals surface area contributed by atoms with Gasteiger partial charge in [-0.1, -0.05) is 11.6 Å². The molecule has 0 radical (unpaired) electrons. The fourth-order valence-corrected chi connectivity index (χ4v) is 3.24. The van der Waals surface area contributed by atoms with Crippen molar-refractivity contribution in [3.8, 4) is 0 Å². The number of halogens is 1. The molecule has 4 nitrogen and oxygen atoms in total. The number of hydrogen-bond acceptors (Lipinski definition) is 4. The molecule has 0 aromatic carbocycles. The van der Waals surface area contributed by atoms with E-state index in [4.69, 9.17) is 16.3 Å². The highest BCUT2D eigenvalue weighted by molar-refractivity contribution is 6.33. The lowest BCUT2D eigenvalue weighted by Crippen LogP contribution is -2.37. The van der Waals surface area contributed by atoms with Crippen molar-refractivity contribution in [2.75, 3.05) is 26.3 Å². The fourth-order valence-electron chi connectivity index (χ4n) is 3.03. The Morgan fingerprint density at radius 1 is 1.24 bits per heavy atom. The lowest BCUT2D eigenvalue weighted by atomic mass is 9.90. The highest BCUT2D eigenvalue weighted by atomic mass is 35.5. The van der Waals surface area contributed by atoms with Crippen LogP contribution in [0.4, 0.5) is 0 Å². The molecular weight excluding hydrogens is 288 g/mol. The van der Waals surface area contributed by atoms with Crippen molar-refractivity contribution in [2.24, 2.45) is 0 Å². The second-order valence-electron chi connectivity index (χ2n) is 5.40.